The molecular weight excluding hydrogens is 314 g/mol. The topological polar surface area (TPSA) is 52.5 Å². The zero-order valence-electron chi connectivity index (χ0n) is 11.4. The molecule has 2 aromatic carbocycles. The number of rotatable bonds is 2. The van der Waals surface area contributed by atoms with Crippen LogP contribution < -0.4 is 0 Å². The molecule has 5 heteroatoms. The highest BCUT2D eigenvalue weighted by atomic mass is 35.5. The molecule has 0 bridgehead atoms. The van der Waals surface area contributed by atoms with Gasteiger partial charge in [-0.05, 0) is 12.1 Å². The molecule has 0 spiro atoms. The average molecular weight is 324 g/mol. The minimum Gasteiger partial charge on any atom is -0.338 e. The van der Waals surface area contributed by atoms with Gasteiger partial charge in [-0.2, -0.15) is 5.26 Å². The van der Waals surface area contributed by atoms with Crippen molar-refractivity contribution in [1.29, 1.82) is 5.26 Å². The lowest BCUT2D eigenvalue weighted by atomic mass is 10.1. The predicted octanol–water partition coefficient (Wildman–Crippen LogP) is 5.00. The Morgan fingerprint density at radius 3 is 2.45 bits per heavy atom. The molecule has 3 aromatic rings. The molecule has 1 N–H and O–H groups in total. The van der Waals surface area contributed by atoms with E-state index >= 15 is 0 Å². The van der Waals surface area contributed by atoms with Gasteiger partial charge >= 0.3 is 0 Å². The Bertz CT molecular complexity index is 927. The molecule has 1 aromatic heterocycles. The highest BCUT2D eigenvalue weighted by Crippen LogP contribution is 2.27. The van der Waals surface area contributed by atoms with Crippen molar-refractivity contribution >= 4 is 23.8 Å². The van der Waals surface area contributed by atoms with Gasteiger partial charge < -0.3 is 4.98 Å². The maximum Gasteiger partial charge on any atom is 0.148 e. The zero-order valence-corrected chi connectivity index (χ0v) is 12.9. The Balaban J connectivity index is 2.27. The summed E-state index contributed by atoms with van der Waals surface area (Å²) in [4.78, 5) is 7.53. The number of aromatic amines is 1. The summed E-state index contributed by atoms with van der Waals surface area (Å²) in [6, 6.07) is 19.0. The van der Waals surface area contributed by atoms with Gasteiger partial charge in [0, 0.05) is 16.1 Å². The molecule has 0 unspecified atom stereocenters. The Morgan fingerprint density at radius 1 is 1.05 bits per heavy atom. The Morgan fingerprint density at radius 2 is 1.77 bits per heavy atom. The summed E-state index contributed by atoms with van der Waals surface area (Å²) in [5.41, 5.74) is 2.68. The first-order valence-corrected chi connectivity index (χ1v) is 7.33. The largest absolute Gasteiger partial charge is 0.338 e. The Hall–Kier alpha value is -2.48. The van der Waals surface area contributed by atoms with Crippen LogP contribution in [0.15, 0.2) is 54.6 Å². The average Bonchev–Trinajstić information content (AvgIpc) is 2.55. The van der Waals surface area contributed by atoms with Crippen LogP contribution in [-0.4, -0.2) is 9.97 Å². The molecule has 3 rings (SSSR count). The summed E-state index contributed by atoms with van der Waals surface area (Å²) in [6.45, 7) is 0. The van der Waals surface area contributed by atoms with Crippen molar-refractivity contribution in [3.63, 3.8) is 0 Å². The van der Waals surface area contributed by atoms with E-state index in [-0.39, 0.29) is 4.64 Å². The number of aromatic nitrogens is 2. The molecule has 0 aliphatic rings. The van der Waals surface area contributed by atoms with Crippen LogP contribution in [0.4, 0.5) is 0 Å². The van der Waals surface area contributed by atoms with Crippen molar-refractivity contribution in [2.24, 2.45) is 0 Å². The maximum atomic E-state index is 9.38. The second-order valence-corrected chi connectivity index (χ2v) is 5.45. The molecule has 0 aliphatic heterocycles. The molecule has 3 nitrogen and oxygen atoms in total. The van der Waals surface area contributed by atoms with E-state index in [1.54, 1.807) is 12.1 Å². The van der Waals surface area contributed by atoms with Gasteiger partial charge in [-0.3, -0.25) is 0 Å². The second-order valence-electron chi connectivity index (χ2n) is 4.63. The predicted molar refractivity (Wildman–Crippen MR) is 90.0 cm³/mol. The standard InChI is InChI=1S/C17H10ClN3S/c18-13-8-4-7-12(9-13)15-14(10-19)17(22)21-16(20-15)11-5-2-1-3-6-11/h1-9H,(H,20,21,22). The fourth-order valence-electron chi connectivity index (χ4n) is 2.17. The van der Waals surface area contributed by atoms with Crippen molar-refractivity contribution in [2.45, 2.75) is 0 Å². The number of hydrogen-bond acceptors (Lipinski definition) is 3. The van der Waals surface area contributed by atoms with Crippen LogP contribution in [0, 0.1) is 16.0 Å². The van der Waals surface area contributed by atoms with Crippen LogP contribution in [0.2, 0.25) is 5.02 Å². The second kappa shape index (κ2) is 6.10. The molecule has 0 amide bonds. The van der Waals surface area contributed by atoms with Crippen molar-refractivity contribution in [2.75, 3.05) is 0 Å². The molecule has 0 saturated heterocycles. The molecule has 22 heavy (non-hydrogen) atoms. The third-order valence-electron chi connectivity index (χ3n) is 3.19. The first-order chi connectivity index (χ1) is 10.7. The van der Waals surface area contributed by atoms with E-state index in [9.17, 15) is 5.26 Å². The third kappa shape index (κ3) is 2.77. The number of nitrogens with zero attached hydrogens (tertiary/aromatic N) is 2. The van der Waals surface area contributed by atoms with E-state index in [2.05, 4.69) is 16.0 Å². The SMILES string of the molecule is N#Cc1c(-c2cccc(Cl)c2)[nH]c(-c2ccccc2)nc1=S. The van der Waals surface area contributed by atoms with Gasteiger partial charge in [0.15, 0.2) is 0 Å². The van der Waals surface area contributed by atoms with Crippen LogP contribution in [0.1, 0.15) is 5.56 Å². The summed E-state index contributed by atoms with van der Waals surface area (Å²) in [7, 11) is 0. The highest BCUT2D eigenvalue weighted by Gasteiger charge is 2.12. The van der Waals surface area contributed by atoms with Gasteiger partial charge in [0.1, 0.15) is 22.1 Å². The third-order valence-corrected chi connectivity index (χ3v) is 3.72. The van der Waals surface area contributed by atoms with E-state index in [0.717, 1.165) is 11.1 Å². The van der Waals surface area contributed by atoms with Crippen LogP contribution in [0.5, 0.6) is 0 Å². The lowest BCUT2D eigenvalue weighted by Gasteiger charge is -2.09. The Labute approximate surface area is 137 Å². The van der Waals surface area contributed by atoms with Gasteiger partial charge in [-0.1, -0.05) is 66.3 Å². The molecule has 106 valence electrons. The summed E-state index contributed by atoms with van der Waals surface area (Å²) in [5.74, 6) is 0.625. The van der Waals surface area contributed by atoms with Gasteiger partial charge in [-0.15, -0.1) is 0 Å². The van der Waals surface area contributed by atoms with Crippen molar-refractivity contribution < 1.29 is 0 Å². The van der Waals surface area contributed by atoms with E-state index in [1.165, 1.54) is 0 Å². The number of benzene rings is 2. The van der Waals surface area contributed by atoms with Crippen LogP contribution >= 0.6 is 23.8 Å². The number of H-pyrrole nitrogens is 1. The minimum atomic E-state index is 0.273. The zero-order chi connectivity index (χ0) is 15.5. The van der Waals surface area contributed by atoms with Crippen molar-refractivity contribution in [3.8, 4) is 28.7 Å². The molecule has 0 saturated carbocycles. The van der Waals surface area contributed by atoms with E-state index in [0.29, 0.717) is 22.1 Å². The quantitative estimate of drug-likeness (QED) is 0.675. The summed E-state index contributed by atoms with van der Waals surface area (Å²) < 4.78 is 0.273. The smallest absolute Gasteiger partial charge is 0.148 e. The van der Waals surface area contributed by atoms with Crippen molar-refractivity contribution in [1.82, 2.24) is 9.97 Å². The monoisotopic (exact) mass is 323 g/mol. The number of hydrogen-bond donors (Lipinski definition) is 1. The van der Waals surface area contributed by atoms with Crippen LogP contribution in [0.25, 0.3) is 22.6 Å². The first kappa shape index (κ1) is 14.5. The van der Waals surface area contributed by atoms with E-state index in [1.807, 2.05) is 42.5 Å². The number of nitriles is 1. The Kier molecular flexibility index (Phi) is 4.01. The highest BCUT2D eigenvalue weighted by molar-refractivity contribution is 7.71. The lowest BCUT2D eigenvalue weighted by molar-refractivity contribution is 1.15. The maximum absolute atomic E-state index is 9.38. The van der Waals surface area contributed by atoms with Gasteiger partial charge in [0.25, 0.3) is 0 Å². The fourth-order valence-corrected chi connectivity index (χ4v) is 2.60. The summed E-state index contributed by atoms with van der Waals surface area (Å²) in [5, 5.41) is 9.98. The van der Waals surface area contributed by atoms with E-state index in [4.69, 9.17) is 23.8 Å². The number of halogens is 1. The minimum absolute atomic E-state index is 0.273. The molecule has 0 aliphatic carbocycles. The van der Waals surface area contributed by atoms with Gasteiger partial charge in [-0.25, -0.2) is 4.98 Å². The van der Waals surface area contributed by atoms with Crippen molar-refractivity contribution in [3.05, 3.63) is 69.8 Å². The normalized spacial score (nSPS) is 10.2. The lowest BCUT2D eigenvalue weighted by Crippen LogP contribution is -1.97. The number of nitrogens with one attached hydrogen (secondary N) is 1. The van der Waals surface area contributed by atoms with Crippen LogP contribution in [-0.2, 0) is 0 Å². The first-order valence-electron chi connectivity index (χ1n) is 6.55. The molecule has 0 fully saturated rings. The van der Waals surface area contributed by atoms with Gasteiger partial charge in [0.05, 0.1) is 5.69 Å². The van der Waals surface area contributed by atoms with Crippen LogP contribution in [0.3, 0.4) is 0 Å². The molecular formula is C17H10ClN3S. The molecule has 0 radical (unpaired) electrons. The summed E-state index contributed by atoms with van der Waals surface area (Å²) >= 11 is 11.3. The van der Waals surface area contributed by atoms with E-state index < -0.39 is 0 Å². The van der Waals surface area contributed by atoms with Gasteiger partial charge in [0.2, 0.25) is 0 Å². The molecule has 0 atom stereocenters. The fraction of sp³-hybridized carbons (Fsp3) is 0. The molecule has 1 heterocycles. The summed E-state index contributed by atoms with van der Waals surface area (Å²) in [6.07, 6.45) is 0.